The van der Waals surface area contributed by atoms with Gasteiger partial charge in [0.05, 0.1) is 5.69 Å². The Morgan fingerprint density at radius 3 is 2.52 bits per heavy atom. The zero-order chi connectivity index (χ0) is 20.2. The molecule has 0 bridgehead atoms. The summed E-state index contributed by atoms with van der Waals surface area (Å²) in [6.45, 7) is 0.727. The smallest absolute Gasteiger partial charge is 0.414 e. The fourth-order valence-corrected chi connectivity index (χ4v) is 3.25. The molecule has 6 heteroatoms. The second-order valence-electron chi connectivity index (χ2n) is 6.75. The van der Waals surface area contributed by atoms with Crippen LogP contribution in [-0.4, -0.2) is 18.5 Å². The van der Waals surface area contributed by atoms with Crippen molar-refractivity contribution in [2.45, 2.75) is 13.0 Å². The summed E-state index contributed by atoms with van der Waals surface area (Å²) in [7, 11) is 0. The molecule has 0 atom stereocenters. The molecule has 1 aliphatic rings. The topological polar surface area (TPSA) is 58.6 Å². The molecule has 146 valence electrons. The normalized spacial score (nSPS) is 12.4. The average molecular weight is 390 g/mol. The summed E-state index contributed by atoms with van der Waals surface area (Å²) < 4.78 is 18.5. The molecule has 4 rings (SSSR count). The minimum atomic E-state index is -0.422. The summed E-state index contributed by atoms with van der Waals surface area (Å²) in [5.41, 5.74) is 3.56. The SMILES string of the molecule is O=C(Nc1ccc2c(c1)N(C(=O)OCc1ccccc1)CC2)c1ccc(F)cc1. The first-order chi connectivity index (χ1) is 14.1. The summed E-state index contributed by atoms with van der Waals surface area (Å²) in [6.07, 6.45) is 0.303. The van der Waals surface area contributed by atoms with Crippen LogP contribution in [0.15, 0.2) is 72.8 Å². The summed E-state index contributed by atoms with van der Waals surface area (Å²) in [4.78, 5) is 26.5. The number of ether oxygens (including phenoxy) is 1. The van der Waals surface area contributed by atoms with Crippen LogP contribution in [0.2, 0.25) is 0 Å². The molecule has 0 aromatic heterocycles. The quantitative estimate of drug-likeness (QED) is 0.698. The van der Waals surface area contributed by atoms with E-state index < -0.39 is 11.9 Å². The first-order valence-corrected chi connectivity index (χ1v) is 9.28. The highest BCUT2D eigenvalue weighted by Crippen LogP contribution is 2.31. The number of carbonyl (C=O) groups excluding carboxylic acids is 2. The zero-order valence-corrected chi connectivity index (χ0v) is 15.6. The van der Waals surface area contributed by atoms with Gasteiger partial charge in [-0.3, -0.25) is 9.69 Å². The molecule has 3 aromatic rings. The molecule has 3 aromatic carbocycles. The van der Waals surface area contributed by atoms with Gasteiger partial charge in [-0.15, -0.1) is 0 Å². The predicted molar refractivity (Wildman–Crippen MR) is 108 cm³/mol. The van der Waals surface area contributed by atoms with Gasteiger partial charge in [0.25, 0.3) is 5.91 Å². The fourth-order valence-electron chi connectivity index (χ4n) is 3.25. The van der Waals surface area contributed by atoms with Crippen molar-refractivity contribution in [2.24, 2.45) is 0 Å². The van der Waals surface area contributed by atoms with Gasteiger partial charge >= 0.3 is 6.09 Å². The molecule has 1 N–H and O–H groups in total. The Balaban J connectivity index is 1.45. The van der Waals surface area contributed by atoms with E-state index in [0.29, 0.717) is 17.8 Å². The number of benzene rings is 3. The van der Waals surface area contributed by atoms with Crippen LogP contribution in [0.4, 0.5) is 20.6 Å². The molecular formula is C23H19FN2O3. The Bertz CT molecular complexity index is 1040. The van der Waals surface area contributed by atoms with E-state index in [1.165, 1.54) is 24.3 Å². The molecule has 1 heterocycles. The van der Waals surface area contributed by atoms with Crippen molar-refractivity contribution in [1.82, 2.24) is 0 Å². The largest absolute Gasteiger partial charge is 0.444 e. The van der Waals surface area contributed by atoms with Gasteiger partial charge in [-0.25, -0.2) is 9.18 Å². The lowest BCUT2D eigenvalue weighted by Gasteiger charge is -2.18. The van der Waals surface area contributed by atoms with Crippen molar-refractivity contribution in [1.29, 1.82) is 0 Å². The van der Waals surface area contributed by atoms with E-state index in [1.54, 1.807) is 17.0 Å². The number of hydrogen-bond acceptors (Lipinski definition) is 3. The third-order valence-electron chi connectivity index (χ3n) is 4.77. The lowest BCUT2D eigenvalue weighted by Crippen LogP contribution is -2.29. The monoisotopic (exact) mass is 390 g/mol. The Labute approximate surface area is 167 Å². The number of halogens is 1. The molecule has 0 saturated carbocycles. The molecular weight excluding hydrogens is 371 g/mol. The number of amides is 2. The number of nitrogens with zero attached hydrogens (tertiary/aromatic N) is 1. The summed E-state index contributed by atoms with van der Waals surface area (Å²) >= 11 is 0. The number of rotatable bonds is 4. The minimum absolute atomic E-state index is 0.201. The number of carbonyl (C=O) groups is 2. The van der Waals surface area contributed by atoms with E-state index in [9.17, 15) is 14.0 Å². The summed E-state index contributed by atoms with van der Waals surface area (Å²) in [6, 6.07) is 20.2. The molecule has 0 unspecified atom stereocenters. The lowest BCUT2D eigenvalue weighted by atomic mass is 10.1. The molecule has 0 saturated heterocycles. The van der Waals surface area contributed by atoms with Crippen LogP contribution in [0.5, 0.6) is 0 Å². The predicted octanol–water partition coefficient (Wildman–Crippen LogP) is 4.78. The number of fused-ring (bicyclic) bond motifs is 1. The maximum atomic E-state index is 13.0. The Morgan fingerprint density at radius 1 is 1.00 bits per heavy atom. The maximum absolute atomic E-state index is 13.0. The van der Waals surface area contributed by atoms with Gasteiger partial charge in [0, 0.05) is 17.8 Å². The molecule has 0 fully saturated rings. The third-order valence-corrected chi connectivity index (χ3v) is 4.77. The van der Waals surface area contributed by atoms with Gasteiger partial charge in [0.15, 0.2) is 0 Å². The Hall–Kier alpha value is -3.67. The van der Waals surface area contributed by atoms with Crippen LogP contribution in [0.3, 0.4) is 0 Å². The second kappa shape index (κ2) is 8.14. The van der Waals surface area contributed by atoms with Crippen LogP contribution >= 0.6 is 0 Å². The van der Waals surface area contributed by atoms with Crippen molar-refractivity contribution in [3.8, 4) is 0 Å². The van der Waals surface area contributed by atoms with E-state index >= 15 is 0 Å². The molecule has 2 amide bonds. The van der Waals surface area contributed by atoms with Gasteiger partial charge in [0.2, 0.25) is 0 Å². The molecule has 0 aliphatic carbocycles. The van der Waals surface area contributed by atoms with Gasteiger partial charge < -0.3 is 10.1 Å². The Morgan fingerprint density at radius 2 is 1.76 bits per heavy atom. The zero-order valence-electron chi connectivity index (χ0n) is 15.6. The molecule has 29 heavy (non-hydrogen) atoms. The van der Waals surface area contributed by atoms with E-state index in [0.717, 1.165) is 23.2 Å². The molecule has 0 spiro atoms. The minimum Gasteiger partial charge on any atom is -0.444 e. The molecule has 5 nitrogen and oxygen atoms in total. The van der Waals surface area contributed by atoms with Crippen LogP contribution in [-0.2, 0) is 17.8 Å². The number of hydrogen-bond donors (Lipinski definition) is 1. The van der Waals surface area contributed by atoms with Crippen molar-refractivity contribution in [2.75, 3.05) is 16.8 Å². The third kappa shape index (κ3) is 4.27. The summed E-state index contributed by atoms with van der Waals surface area (Å²) in [5.74, 6) is -0.745. The van der Waals surface area contributed by atoms with Crippen LogP contribution < -0.4 is 10.2 Å². The standard InChI is InChI=1S/C23H19FN2O3/c24-19-9-6-18(7-10-19)22(27)25-20-11-8-17-12-13-26(21(17)14-20)23(28)29-15-16-4-2-1-3-5-16/h1-11,14H,12-13,15H2,(H,25,27). The van der Waals surface area contributed by atoms with E-state index in [1.807, 2.05) is 36.4 Å². The van der Waals surface area contributed by atoms with Gasteiger partial charge in [-0.05, 0) is 53.9 Å². The number of anilines is 2. The molecule has 1 aliphatic heterocycles. The van der Waals surface area contributed by atoms with Crippen LogP contribution in [0.1, 0.15) is 21.5 Å². The Kier molecular flexibility index (Phi) is 5.24. The highest BCUT2D eigenvalue weighted by Gasteiger charge is 2.26. The first-order valence-electron chi connectivity index (χ1n) is 9.28. The highest BCUT2D eigenvalue weighted by atomic mass is 19.1. The van der Waals surface area contributed by atoms with E-state index in [2.05, 4.69) is 5.32 Å². The molecule has 0 radical (unpaired) electrons. The second-order valence-corrected chi connectivity index (χ2v) is 6.75. The number of nitrogens with one attached hydrogen (secondary N) is 1. The van der Waals surface area contributed by atoms with Crippen molar-refractivity contribution in [3.63, 3.8) is 0 Å². The van der Waals surface area contributed by atoms with Crippen LogP contribution in [0, 0.1) is 5.82 Å². The van der Waals surface area contributed by atoms with Crippen molar-refractivity contribution < 1.29 is 18.7 Å². The maximum Gasteiger partial charge on any atom is 0.414 e. The summed E-state index contributed by atoms with van der Waals surface area (Å²) in [5, 5.41) is 2.78. The van der Waals surface area contributed by atoms with Crippen molar-refractivity contribution in [3.05, 3.63) is 95.3 Å². The highest BCUT2D eigenvalue weighted by molar-refractivity contribution is 6.04. The lowest BCUT2D eigenvalue weighted by molar-refractivity contribution is 0.102. The van der Waals surface area contributed by atoms with Gasteiger partial charge in [-0.2, -0.15) is 0 Å². The average Bonchev–Trinajstić information content (AvgIpc) is 3.16. The first kappa shape index (κ1) is 18.7. The van der Waals surface area contributed by atoms with E-state index in [-0.39, 0.29) is 12.5 Å². The van der Waals surface area contributed by atoms with Crippen molar-refractivity contribution >= 4 is 23.4 Å². The van der Waals surface area contributed by atoms with Gasteiger partial charge in [-0.1, -0.05) is 36.4 Å². The van der Waals surface area contributed by atoms with Crippen LogP contribution in [0.25, 0.3) is 0 Å². The fraction of sp³-hybridized carbons (Fsp3) is 0.130. The van der Waals surface area contributed by atoms with Gasteiger partial charge in [0.1, 0.15) is 12.4 Å². The van der Waals surface area contributed by atoms with E-state index in [4.69, 9.17) is 4.74 Å².